The van der Waals surface area contributed by atoms with E-state index in [0.29, 0.717) is 27.9 Å². The number of rotatable bonds is 3. The van der Waals surface area contributed by atoms with E-state index in [0.717, 1.165) is 33.8 Å². The molecule has 3 N–H and O–H groups in total. The van der Waals surface area contributed by atoms with E-state index in [9.17, 15) is 4.79 Å². The molecule has 0 aliphatic carbocycles. The minimum absolute atomic E-state index is 0.0710. The van der Waals surface area contributed by atoms with Gasteiger partial charge in [-0.15, -0.1) is 0 Å². The molecular weight excluding hydrogens is 393 g/mol. The molecule has 0 radical (unpaired) electrons. The van der Waals surface area contributed by atoms with Gasteiger partial charge in [-0.1, -0.05) is 29.3 Å². The number of halogens is 2. The fraction of sp³-hybridized carbons (Fsp3) is 0.136. The molecule has 0 saturated heterocycles. The van der Waals surface area contributed by atoms with E-state index < -0.39 is 0 Å². The van der Waals surface area contributed by atoms with Gasteiger partial charge in [-0.3, -0.25) is 4.79 Å². The maximum atomic E-state index is 13.3. The Labute approximate surface area is 173 Å². The first-order valence-corrected chi connectivity index (χ1v) is 9.62. The van der Waals surface area contributed by atoms with Crippen LogP contribution in [0.2, 0.25) is 10.0 Å². The van der Waals surface area contributed by atoms with Crippen LogP contribution in [0.4, 0.5) is 11.4 Å². The van der Waals surface area contributed by atoms with E-state index >= 15 is 0 Å². The summed E-state index contributed by atoms with van der Waals surface area (Å²) in [5.41, 5.74) is 12.9. The third-order valence-corrected chi connectivity index (χ3v) is 5.62. The van der Waals surface area contributed by atoms with Crippen molar-refractivity contribution in [3.8, 4) is 0 Å². The van der Waals surface area contributed by atoms with Crippen molar-refractivity contribution in [2.45, 2.75) is 20.4 Å². The predicted molar refractivity (Wildman–Crippen MR) is 117 cm³/mol. The molecule has 2 aromatic carbocycles. The molecule has 0 unspecified atom stereocenters. The number of hydrogen-bond acceptors (Lipinski definition) is 2. The van der Waals surface area contributed by atoms with Crippen molar-refractivity contribution >= 4 is 52.1 Å². The summed E-state index contributed by atoms with van der Waals surface area (Å²) in [6.07, 6.45) is 1.90. The van der Waals surface area contributed by atoms with Crippen LogP contribution < -0.4 is 10.6 Å². The molecule has 0 atom stereocenters. The first-order valence-electron chi connectivity index (χ1n) is 8.87. The highest BCUT2D eigenvalue weighted by Crippen LogP contribution is 2.40. The molecule has 2 heterocycles. The van der Waals surface area contributed by atoms with E-state index in [-0.39, 0.29) is 5.91 Å². The summed E-state index contributed by atoms with van der Waals surface area (Å²) in [6, 6.07) is 13.0. The van der Waals surface area contributed by atoms with Crippen molar-refractivity contribution in [2.24, 2.45) is 0 Å². The molecular formula is C22H19Cl2N3O. The van der Waals surface area contributed by atoms with E-state index in [1.54, 1.807) is 23.1 Å². The van der Waals surface area contributed by atoms with Crippen LogP contribution in [0.15, 0.2) is 42.5 Å². The molecule has 0 fully saturated rings. The Balaban J connectivity index is 1.78. The number of nitrogens with zero attached hydrogens (tertiary/aromatic N) is 1. The smallest absolute Gasteiger partial charge is 0.259 e. The van der Waals surface area contributed by atoms with Crippen molar-refractivity contribution in [2.75, 3.05) is 10.6 Å². The molecule has 1 aliphatic rings. The third kappa shape index (κ3) is 3.30. The largest absolute Gasteiger partial charge is 0.399 e. The van der Waals surface area contributed by atoms with Gasteiger partial charge in [0.2, 0.25) is 0 Å². The Kier molecular flexibility index (Phi) is 4.69. The summed E-state index contributed by atoms with van der Waals surface area (Å²) in [5, 5.41) is 0.959. The zero-order chi connectivity index (χ0) is 20.0. The molecule has 1 aliphatic heterocycles. The van der Waals surface area contributed by atoms with Crippen molar-refractivity contribution in [1.29, 1.82) is 0 Å². The average Bonchev–Trinajstić information content (AvgIpc) is 3.09. The molecule has 0 bridgehead atoms. The number of aryl methyl sites for hydroxylation is 2. The summed E-state index contributed by atoms with van der Waals surface area (Å²) in [7, 11) is 0. The Morgan fingerprint density at radius 2 is 1.86 bits per heavy atom. The number of benzene rings is 2. The van der Waals surface area contributed by atoms with Gasteiger partial charge >= 0.3 is 0 Å². The first-order chi connectivity index (χ1) is 13.3. The van der Waals surface area contributed by atoms with E-state index in [1.165, 1.54) is 0 Å². The molecule has 3 aromatic rings. The lowest BCUT2D eigenvalue weighted by Crippen LogP contribution is -2.25. The number of nitrogens with two attached hydrogens (primary N) is 1. The van der Waals surface area contributed by atoms with Crippen molar-refractivity contribution < 1.29 is 4.79 Å². The summed E-state index contributed by atoms with van der Waals surface area (Å²) in [6.45, 7) is 4.41. The minimum atomic E-state index is -0.0710. The van der Waals surface area contributed by atoms with Gasteiger partial charge in [0.1, 0.15) is 0 Å². The van der Waals surface area contributed by atoms with Gasteiger partial charge in [-0.05, 0) is 67.4 Å². The molecule has 1 amide bonds. The molecule has 0 saturated carbocycles. The van der Waals surface area contributed by atoms with Crippen LogP contribution in [0.5, 0.6) is 0 Å². The number of carbonyl (C=O) groups is 1. The van der Waals surface area contributed by atoms with Gasteiger partial charge in [0.05, 0.1) is 27.9 Å². The second-order valence-corrected chi connectivity index (χ2v) is 7.84. The number of hydrogen-bond donors (Lipinski definition) is 2. The molecule has 0 spiro atoms. The van der Waals surface area contributed by atoms with Crippen LogP contribution >= 0.6 is 23.2 Å². The molecule has 28 heavy (non-hydrogen) atoms. The molecule has 142 valence electrons. The Morgan fingerprint density at radius 3 is 2.54 bits per heavy atom. The number of aromatic nitrogens is 1. The Morgan fingerprint density at radius 1 is 1.07 bits per heavy atom. The fourth-order valence-electron chi connectivity index (χ4n) is 3.54. The summed E-state index contributed by atoms with van der Waals surface area (Å²) >= 11 is 12.2. The lowest BCUT2D eigenvalue weighted by Gasteiger charge is -2.17. The Hall–Kier alpha value is -2.69. The number of nitrogen functional groups attached to an aromatic ring is 1. The maximum Gasteiger partial charge on any atom is 0.259 e. The Bertz CT molecular complexity index is 1130. The van der Waals surface area contributed by atoms with Crippen LogP contribution in [-0.4, -0.2) is 10.9 Å². The summed E-state index contributed by atoms with van der Waals surface area (Å²) < 4.78 is 0. The number of nitrogens with one attached hydrogen (secondary N) is 1. The molecule has 6 heteroatoms. The minimum Gasteiger partial charge on any atom is -0.399 e. The summed E-state index contributed by atoms with van der Waals surface area (Å²) in [5.74, 6) is -0.0710. The van der Waals surface area contributed by atoms with Crippen LogP contribution in [0.1, 0.15) is 28.1 Å². The van der Waals surface area contributed by atoms with Crippen LogP contribution in [-0.2, 0) is 11.3 Å². The SMILES string of the molecule is Cc1cc(C)c(C=C2C(=O)N(Cc3ccc(Cl)c(Cl)c3)c3ccc(N)cc32)[nH]1. The van der Waals surface area contributed by atoms with Gasteiger partial charge in [0.25, 0.3) is 5.91 Å². The standard InChI is InChI=1S/C22H19Cl2N3O/c1-12-7-13(2)26-20(12)10-17-16-9-15(25)4-6-21(16)27(22(17)28)11-14-3-5-18(23)19(24)8-14/h3-10,26H,11,25H2,1-2H3. The molecule has 1 aromatic heterocycles. The number of H-pyrrole nitrogens is 1. The fourth-order valence-corrected chi connectivity index (χ4v) is 3.86. The lowest BCUT2D eigenvalue weighted by molar-refractivity contribution is -0.113. The third-order valence-electron chi connectivity index (χ3n) is 4.88. The number of aromatic amines is 1. The van der Waals surface area contributed by atoms with Crippen molar-refractivity contribution in [1.82, 2.24) is 4.98 Å². The number of anilines is 2. The number of fused-ring (bicyclic) bond motifs is 1. The number of carbonyl (C=O) groups excluding carboxylic acids is 1. The topological polar surface area (TPSA) is 62.1 Å². The summed E-state index contributed by atoms with van der Waals surface area (Å²) in [4.78, 5) is 18.3. The van der Waals surface area contributed by atoms with Gasteiger partial charge in [0.15, 0.2) is 0 Å². The van der Waals surface area contributed by atoms with Crippen molar-refractivity contribution in [3.05, 3.63) is 80.6 Å². The van der Waals surface area contributed by atoms with E-state index in [1.807, 2.05) is 38.1 Å². The van der Waals surface area contributed by atoms with Gasteiger partial charge in [-0.2, -0.15) is 0 Å². The second kappa shape index (κ2) is 7.04. The first kappa shape index (κ1) is 18.7. The van der Waals surface area contributed by atoms with Gasteiger partial charge < -0.3 is 15.6 Å². The number of amides is 1. The normalized spacial score (nSPS) is 14.8. The van der Waals surface area contributed by atoms with Gasteiger partial charge in [-0.25, -0.2) is 0 Å². The predicted octanol–water partition coefficient (Wildman–Crippen LogP) is 5.61. The lowest BCUT2D eigenvalue weighted by atomic mass is 10.0. The van der Waals surface area contributed by atoms with Crippen LogP contribution in [0, 0.1) is 13.8 Å². The van der Waals surface area contributed by atoms with Crippen LogP contribution in [0.3, 0.4) is 0 Å². The van der Waals surface area contributed by atoms with Crippen LogP contribution in [0.25, 0.3) is 11.6 Å². The monoisotopic (exact) mass is 411 g/mol. The second-order valence-electron chi connectivity index (χ2n) is 7.02. The zero-order valence-corrected chi connectivity index (χ0v) is 17.0. The highest BCUT2D eigenvalue weighted by molar-refractivity contribution is 6.42. The van der Waals surface area contributed by atoms with Crippen molar-refractivity contribution in [3.63, 3.8) is 0 Å². The maximum absolute atomic E-state index is 13.3. The highest BCUT2D eigenvalue weighted by Gasteiger charge is 2.32. The van der Waals surface area contributed by atoms with Gasteiger partial charge in [0, 0.05) is 22.6 Å². The average molecular weight is 412 g/mol. The highest BCUT2D eigenvalue weighted by atomic mass is 35.5. The molecule has 4 rings (SSSR count). The van der Waals surface area contributed by atoms with E-state index in [4.69, 9.17) is 28.9 Å². The van der Waals surface area contributed by atoms with E-state index in [2.05, 4.69) is 11.1 Å². The molecule has 4 nitrogen and oxygen atoms in total. The quantitative estimate of drug-likeness (QED) is 0.434. The zero-order valence-electron chi connectivity index (χ0n) is 15.5.